The van der Waals surface area contributed by atoms with Gasteiger partial charge in [-0.15, -0.1) is 0 Å². The summed E-state index contributed by atoms with van der Waals surface area (Å²) in [5, 5.41) is 4.90. The second kappa shape index (κ2) is 7.07. The number of hydrogen-bond acceptors (Lipinski definition) is 4. The molecule has 2 aromatic heterocycles. The zero-order valence-corrected chi connectivity index (χ0v) is 15.3. The summed E-state index contributed by atoms with van der Waals surface area (Å²) < 4.78 is 8.60. The van der Waals surface area contributed by atoms with Gasteiger partial charge in [-0.2, -0.15) is 5.10 Å². The summed E-state index contributed by atoms with van der Waals surface area (Å²) in [6, 6.07) is 17.6. The number of ether oxygens (including phenoxy) is 1. The van der Waals surface area contributed by atoms with Crippen LogP contribution >= 0.6 is 0 Å². The number of nitrogens with zero attached hydrogens (tertiary/aromatic N) is 4. The van der Waals surface area contributed by atoms with Crippen LogP contribution in [0.4, 0.5) is 0 Å². The topological polar surface area (TPSA) is 61.9 Å². The first kappa shape index (κ1) is 17.0. The van der Waals surface area contributed by atoms with E-state index in [1.807, 2.05) is 61.5 Å². The predicted molar refractivity (Wildman–Crippen MR) is 105 cm³/mol. The maximum absolute atomic E-state index is 13.0. The largest absolute Gasteiger partial charge is 0.497 e. The van der Waals surface area contributed by atoms with Crippen molar-refractivity contribution in [1.29, 1.82) is 0 Å². The fraction of sp³-hybridized carbons (Fsp3) is 0.190. The highest BCUT2D eigenvalue weighted by molar-refractivity contribution is 5.75. The van der Waals surface area contributed by atoms with Crippen molar-refractivity contribution in [2.45, 2.75) is 19.9 Å². The van der Waals surface area contributed by atoms with Crippen molar-refractivity contribution in [2.24, 2.45) is 0 Å². The van der Waals surface area contributed by atoms with Crippen molar-refractivity contribution in [3.8, 4) is 11.4 Å². The predicted octanol–water partition coefficient (Wildman–Crippen LogP) is 3.14. The summed E-state index contributed by atoms with van der Waals surface area (Å²) in [5.41, 5.74) is 2.55. The second-order valence-corrected chi connectivity index (χ2v) is 6.34. The van der Waals surface area contributed by atoms with Gasteiger partial charge >= 0.3 is 0 Å². The van der Waals surface area contributed by atoms with Gasteiger partial charge in [0.1, 0.15) is 17.0 Å². The fourth-order valence-corrected chi connectivity index (χ4v) is 3.16. The molecule has 2 heterocycles. The van der Waals surface area contributed by atoms with Gasteiger partial charge in [-0.3, -0.25) is 9.36 Å². The fourth-order valence-electron chi connectivity index (χ4n) is 3.16. The normalized spacial score (nSPS) is 11.0. The molecule has 6 heteroatoms. The lowest BCUT2D eigenvalue weighted by atomic mass is 10.1. The first-order valence-electron chi connectivity index (χ1n) is 8.81. The molecule has 0 saturated carbocycles. The lowest BCUT2D eigenvalue weighted by Crippen LogP contribution is -2.24. The summed E-state index contributed by atoms with van der Waals surface area (Å²) in [5.74, 6) is 1.50. The number of aromatic nitrogens is 4. The van der Waals surface area contributed by atoms with Crippen LogP contribution in [-0.2, 0) is 13.0 Å². The summed E-state index contributed by atoms with van der Waals surface area (Å²) in [4.78, 5) is 17.6. The first-order valence-corrected chi connectivity index (χ1v) is 8.81. The average Bonchev–Trinajstić information content (AvgIpc) is 3.13. The molecule has 0 aliphatic rings. The summed E-state index contributed by atoms with van der Waals surface area (Å²) >= 11 is 0. The van der Waals surface area contributed by atoms with Gasteiger partial charge < -0.3 is 4.74 Å². The Hall–Kier alpha value is -3.41. The number of fused-ring (bicyclic) bond motifs is 1. The number of rotatable bonds is 5. The van der Waals surface area contributed by atoms with Gasteiger partial charge in [0.15, 0.2) is 5.65 Å². The standard InChI is InChI=1S/C21H20N4O2/c1-15-23-20-19(14-22-25(20)17-6-4-3-5-7-17)21(26)24(15)13-12-16-8-10-18(27-2)11-9-16/h3-11,14H,12-13H2,1-2H3. The van der Waals surface area contributed by atoms with E-state index in [1.54, 1.807) is 22.6 Å². The molecule has 0 bridgehead atoms. The van der Waals surface area contributed by atoms with Crippen LogP contribution in [0.5, 0.6) is 5.75 Å². The molecule has 0 N–H and O–H groups in total. The van der Waals surface area contributed by atoms with Crippen molar-refractivity contribution in [3.63, 3.8) is 0 Å². The van der Waals surface area contributed by atoms with Crippen molar-refractivity contribution in [1.82, 2.24) is 19.3 Å². The van der Waals surface area contributed by atoms with Gasteiger partial charge in [0.05, 0.1) is 19.0 Å². The van der Waals surface area contributed by atoms with Crippen LogP contribution in [0.25, 0.3) is 16.7 Å². The molecule has 0 unspecified atom stereocenters. The highest BCUT2D eigenvalue weighted by atomic mass is 16.5. The second-order valence-electron chi connectivity index (χ2n) is 6.34. The van der Waals surface area contributed by atoms with Crippen LogP contribution in [0.1, 0.15) is 11.4 Å². The number of para-hydroxylation sites is 1. The quantitative estimate of drug-likeness (QED) is 0.549. The molecule has 2 aromatic carbocycles. The molecule has 0 radical (unpaired) electrons. The molecule has 27 heavy (non-hydrogen) atoms. The van der Waals surface area contributed by atoms with Crippen molar-refractivity contribution < 1.29 is 4.74 Å². The minimum Gasteiger partial charge on any atom is -0.497 e. The van der Waals surface area contributed by atoms with E-state index in [-0.39, 0.29) is 5.56 Å². The van der Waals surface area contributed by atoms with Crippen LogP contribution in [0, 0.1) is 6.92 Å². The molecule has 0 fully saturated rings. The van der Waals surface area contributed by atoms with Gasteiger partial charge in [0, 0.05) is 6.54 Å². The smallest absolute Gasteiger partial charge is 0.264 e. The molecule has 4 aromatic rings. The van der Waals surface area contributed by atoms with Gasteiger partial charge in [0.25, 0.3) is 5.56 Å². The molecule has 0 saturated heterocycles. The van der Waals surface area contributed by atoms with Crippen LogP contribution < -0.4 is 10.3 Å². The van der Waals surface area contributed by atoms with Gasteiger partial charge in [0.2, 0.25) is 0 Å². The lowest BCUT2D eigenvalue weighted by Gasteiger charge is -2.10. The van der Waals surface area contributed by atoms with Crippen LogP contribution in [0.3, 0.4) is 0 Å². The lowest BCUT2D eigenvalue weighted by molar-refractivity contribution is 0.414. The molecule has 0 atom stereocenters. The third kappa shape index (κ3) is 3.21. The summed E-state index contributed by atoms with van der Waals surface area (Å²) in [6.07, 6.45) is 2.34. The van der Waals surface area contributed by atoms with E-state index < -0.39 is 0 Å². The minimum absolute atomic E-state index is 0.0619. The number of aryl methyl sites for hydroxylation is 2. The summed E-state index contributed by atoms with van der Waals surface area (Å²) in [6.45, 7) is 2.42. The number of hydrogen-bond donors (Lipinski definition) is 0. The maximum Gasteiger partial charge on any atom is 0.264 e. The first-order chi connectivity index (χ1) is 13.2. The molecule has 6 nitrogen and oxygen atoms in total. The molecular weight excluding hydrogens is 340 g/mol. The Labute approximate surface area is 156 Å². The van der Waals surface area contributed by atoms with E-state index in [4.69, 9.17) is 4.74 Å². The van der Waals surface area contributed by atoms with Crippen LogP contribution in [-0.4, -0.2) is 26.4 Å². The molecule has 0 aliphatic heterocycles. The summed E-state index contributed by atoms with van der Waals surface area (Å²) in [7, 11) is 1.65. The van der Waals surface area contributed by atoms with E-state index in [9.17, 15) is 4.79 Å². The third-order valence-electron chi connectivity index (χ3n) is 4.66. The monoisotopic (exact) mass is 360 g/mol. The zero-order valence-electron chi connectivity index (χ0n) is 15.3. The van der Waals surface area contributed by atoms with E-state index in [1.165, 1.54) is 0 Å². The van der Waals surface area contributed by atoms with E-state index in [0.29, 0.717) is 23.4 Å². The average molecular weight is 360 g/mol. The van der Waals surface area contributed by atoms with E-state index >= 15 is 0 Å². The molecule has 4 rings (SSSR count). The molecular formula is C21H20N4O2. The third-order valence-corrected chi connectivity index (χ3v) is 4.66. The Morgan fingerprint density at radius 3 is 2.48 bits per heavy atom. The van der Waals surface area contributed by atoms with Crippen LogP contribution in [0.2, 0.25) is 0 Å². The SMILES string of the molecule is COc1ccc(CCn2c(C)nc3c(cnn3-c3ccccc3)c2=O)cc1. The Morgan fingerprint density at radius 1 is 1.04 bits per heavy atom. The molecule has 0 aliphatic carbocycles. The van der Waals surface area contributed by atoms with Gasteiger partial charge in [-0.25, -0.2) is 9.67 Å². The highest BCUT2D eigenvalue weighted by Gasteiger charge is 2.14. The molecule has 0 spiro atoms. The maximum atomic E-state index is 13.0. The number of methoxy groups -OCH3 is 1. The van der Waals surface area contributed by atoms with E-state index in [2.05, 4.69) is 10.1 Å². The molecule has 136 valence electrons. The van der Waals surface area contributed by atoms with Crippen molar-refractivity contribution >= 4 is 11.0 Å². The number of benzene rings is 2. The Balaban J connectivity index is 1.67. The van der Waals surface area contributed by atoms with E-state index in [0.717, 1.165) is 23.4 Å². The zero-order chi connectivity index (χ0) is 18.8. The van der Waals surface area contributed by atoms with Crippen molar-refractivity contribution in [3.05, 3.63) is 82.5 Å². The Bertz CT molecular complexity index is 1130. The molecule has 0 amide bonds. The van der Waals surface area contributed by atoms with Crippen molar-refractivity contribution in [2.75, 3.05) is 7.11 Å². The Morgan fingerprint density at radius 2 is 1.78 bits per heavy atom. The van der Waals surface area contributed by atoms with Gasteiger partial charge in [-0.05, 0) is 43.2 Å². The minimum atomic E-state index is -0.0619. The van der Waals surface area contributed by atoms with Crippen LogP contribution in [0.15, 0.2) is 65.6 Å². The highest BCUT2D eigenvalue weighted by Crippen LogP contribution is 2.15. The van der Waals surface area contributed by atoms with Gasteiger partial charge in [-0.1, -0.05) is 30.3 Å². The Kier molecular flexibility index (Phi) is 4.46.